The van der Waals surface area contributed by atoms with Gasteiger partial charge >= 0.3 is 5.97 Å². The number of carbonyl (C=O) groups excluding carboxylic acids is 1. The van der Waals surface area contributed by atoms with Gasteiger partial charge in [0, 0.05) is 26.5 Å². The number of nitrogens with zero attached hydrogens (tertiary/aromatic N) is 3. The summed E-state index contributed by atoms with van der Waals surface area (Å²) in [4.78, 5) is 30.6. The maximum Gasteiger partial charge on any atom is 0.347 e. The largest absolute Gasteiger partial charge is 0.493 e. The number of ether oxygens (including phenoxy) is 3. The molecular weight excluding hydrogens is 602 g/mol. The molecule has 0 unspecified atom stereocenters. The highest BCUT2D eigenvalue weighted by Gasteiger charge is 2.22. The van der Waals surface area contributed by atoms with Crippen LogP contribution >= 0.6 is 27.5 Å². The molecule has 0 spiro atoms. The second-order valence-corrected chi connectivity index (χ2v) is 10.00. The van der Waals surface area contributed by atoms with Crippen molar-refractivity contribution in [3.8, 4) is 23.1 Å². The van der Waals surface area contributed by atoms with E-state index in [2.05, 4.69) is 21.0 Å². The molecule has 0 aliphatic carbocycles. The number of benzene rings is 3. The van der Waals surface area contributed by atoms with Gasteiger partial charge in [-0.1, -0.05) is 39.7 Å². The van der Waals surface area contributed by atoms with Crippen LogP contribution in [0.15, 0.2) is 79.4 Å². The maximum absolute atomic E-state index is 13.6. The van der Waals surface area contributed by atoms with Crippen LogP contribution in [-0.2, 0) is 9.53 Å². The van der Waals surface area contributed by atoms with Crippen LogP contribution in [0.1, 0.15) is 19.4 Å². The summed E-state index contributed by atoms with van der Waals surface area (Å²) in [5, 5.41) is 6.03. The fourth-order valence-corrected chi connectivity index (χ4v) is 4.68. The molecule has 204 valence electrons. The summed E-state index contributed by atoms with van der Waals surface area (Å²) in [5.41, 5.74) is 1.07. The second-order valence-electron chi connectivity index (χ2n) is 8.65. The molecule has 2 heterocycles. The van der Waals surface area contributed by atoms with Crippen molar-refractivity contribution in [1.82, 2.24) is 9.66 Å². The lowest BCUT2D eigenvalue weighted by Gasteiger charge is -2.18. The predicted molar refractivity (Wildman–Crippen MR) is 157 cm³/mol. The Morgan fingerprint density at radius 2 is 2.00 bits per heavy atom. The number of hydrogen-bond acceptors (Lipinski definition) is 8. The molecule has 1 atom stereocenters. The highest BCUT2D eigenvalue weighted by atomic mass is 79.9. The van der Waals surface area contributed by atoms with Gasteiger partial charge in [0.15, 0.2) is 23.4 Å². The summed E-state index contributed by atoms with van der Waals surface area (Å²) in [6, 6.07) is 17.5. The van der Waals surface area contributed by atoms with Crippen molar-refractivity contribution >= 4 is 61.6 Å². The minimum absolute atomic E-state index is 0.198. The first-order valence-corrected chi connectivity index (χ1v) is 13.4. The molecule has 5 rings (SSSR count). The molecule has 40 heavy (non-hydrogen) atoms. The molecule has 0 aliphatic rings. The number of esters is 1. The van der Waals surface area contributed by atoms with Crippen LogP contribution in [0, 0.1) is 0 Å². The van der Waals surface area contributed by atoms with Crippen molar-refractivity contribution in [2.45, 2.75) is 20.0 Å². The number of fused-ring (bicyclic) bond motifs is 2. The van der Waals surface area contributed by atoms with Crippen LogP contribution in [0.3, 0.4) is 0 Å². The standard InChI is InChI=1S/C29H23BrClN3O6/c1-4-38-29(36)16(2)39-26-18(12-20(31)14-24(26)37-3)15-32-34-27(33-22-8-6-5-7-21(22)28(34)35)25-13-17-11-19(30)9-10-23(17)40-25/h5-16H,4H2,1-3H3/t16-/m1/s1. The summed E-state index contributed by atoms with van der Waals surface area (Å²) in [7, 11) is 1.45. The Balaban J connectivity index is 1.67. The summed E-state index contributed by atoms with van der Waals surface area (Å²) < 4.78 is 24.5. The molecule has 0 amide bonds. The zero-order chi connectivity index (χ0) is 28.4. The van der Waals surface area contributed by atoms with Crippen LogP contribution in [0.4, 0.5) is 0 Å². The summed E-state index contributed by atoms with van der Waals surface area (Å²) in [6.45, 7) is 3.47. The summed E-state index contributed by atoms with van der Waals surface area (Å²) >= 11 is 9.81. The van der Waals surface area contributed by atoms with Crippen LogP contribution in [0.25, 0.3) is 33.5 Å². The van der Waals surface area contributed by atoms with Crippen LogP contribution in [-0.4, -0.2) is 41.7 Å². The number of hydrogen-bond donors (Lipinski definition) is 0. The topological polar surface area (TPSA) is 105 Å². The van der Waals surface area contributed by atoms with Gasteiger partial charge in [0.25, 0.3) is 5.56 Å². The molecule has 0 fully saturated rings. The van der Waals surface area contributed by atoms with Gasteiger partial charge < -0.3 is 18.6 Å². The van der Waals surface area contributed by atoms with Crippen LogP contribution in [0.2, 0.25) is 5.02 Å². The predicted octanol–water partition coefficient (Wildman–Crippen LogP) is 6.45. The van der Waals surface area contributed by atoms with E-state index in [0.717, 1.165) is 14.5 Å². The third-order valence-corrected chi connectivity index (χ3v) is 6.66. The number of para-hydroxylation sites is 1. The van der Waals surface area contributed by atoms with Crippen molar-refractivity contribution in [2.75, 3.05) is 13.7 Å². The van der Waals surface area contributed by atoms with E-state index in [1.165, 1.54) is 13.3 Å². The highest BCUT2D eigenvalue weighted by Crippen LogP contribution is 2.35. The van der Waals surface area contributed by atoms with E-state index >= 15 is 0 Å². The Bertz CT molecular complexity index is 1830. The molecule has 3 aromatic carbocycles. The monoisotopic (exact) mass is 623 g/mol. The lowest BCUT2D eigenvalue weighted by molar-refractivity contribution is -0.150. The Kier molecular flexibility index (Phi) is 7.90. The average Bonchev–Trinajstić information content (AvgIpc) is 3.36. The van der Waals surface area contributed by atoms with Gasteiger partial charge in [0.05, 0.1) is 30.8 Å². The zero-order valence-electron chi connectivity index (χ0n) is 21.7. The minimum Gasteiger partial charge on any atom is -0.493 e. The fraction of sp³-hybridized carbons (Fsp3) is 0.172. The van der Waals surface area contributed by atoms with Crippen molar-refractivity contribution < 1.29 is 23.4 Å². The van der Waals surface area contributed by atoms with E-state index in [1.54, 1.807) is 56.3 Å². The number of rotatable bonds is 8. The third-order valence-electron chi connectivity index (χ3n) is 5.95. The van der Waals surface area contributed by atoms with E-state index < -0.39 is 17.6 Å². The number of carbonyl (C=O) groups is 1. The Labute approximate surface area is 242 Å². The van der Waals surface area contributed by atoms with Crippen LogP contribution < -0.4 is 15.0 Å². The fourth-order valence-electron chi connectivity index (χ4n) is 4.08. The highest BCUT2D eigenvalue weighted by molar-refractivity contribution is 9.10. The number of methoxy groups -OCH3 is 1. The van der Waals surface area contributed by atoms with Crippen molar-refractivity contribution in [3.05, 3.63) is 86.1 Å². The number of halogens is 2. The van der Waals surface area contributed by atoms with Gasteiger partial charge in [0.2, 0.25) is 5.82 Å². The zero-order valence-corrected chi connectivity index (χ0v) is 24.0. The maximum atomic E-state index is 13.6. The molecule has 0 aliphatic heterocycles. The van der Waals surface area contributed by atoms with Crippen molar-refractivity contribution in [3.63, 3.8) is 0 Å². The molecule has 5 aromatic rings. The molecule has 0 saturated heterocycles. The third kappa shape index (κ3) is 5.45. The molecule has 9 nitrogen and oxygen atoms in total. The first-order chi connectivity index (χ1) is 19.3. The Morgan fingerprint density at radius 1 is 1.20 bits per heavy atom. The lowest BCUT2D eigenvalue weighted by Crippen LogP contribution is -2.26. The van der Waals surface area contributed by atoms with E-state index in [1.807, 2.05) is 18.2 Å². The number of aromatic nitrogens is 2. The van der Waals surface area contributed by atoms with Gasteiger partial charge in [-0.15, -0.1) is 0 Å². The normalized spacial score (nSPS) is 12.2. The number of furan rings is 1. The summed E-state index contributed by atoms with van der Waals surface area (Å²) in [6.07, 6.45) is 0.444. The SMILES string of the molecule is CCOC(=O)[C@@H](C)Oc1c(C=Nn2c(-c3cc4cc(Br)ccc4o3)nc3ccccc3c2=O)cc(Cl)cc1OC. The molecule has 0 bridgehead atoms. The van der Waals surface area contributed by atoms with E-state index in [0.29, 0.717) is 32.8 Å². The van der Waals surface area contributed by atoms with Crippen LogP contribution in [0.5, 0.6) is 11.5 Å². The van der Waals surface area contributed by atoms with E-state index in [4.69, 9.17) is 35.2 Å². The van der Waals surface area contributed by atoms with E-state index in [9.17, 15) is 9.59 Å². The lowest BCUT2D eigenvalue weighted by atomic mass is 10.2. The van der Waals surface area contributed by atoms with Gasteiger partial charge in [-0.25, -0.2) is 9.78 Å². The molecule has 0 N–H and O–H groups in total. The molecule has 0 saturated carbocycles. The smallest absolute Gasteiger partial charge is 0.347 e. The molecule has 0 radical (unpaired) electrons. The van der Waals surface area contributed by atoms with Crippen molar-refractivity contribution in [1.29, 1.82) is 0 Å². The molecular formula is C29H23BrClN3O6. The first kappa shape index (κ1) is 27.4. The average molecular weight is 625 g/mol. The Hall–Kier alpha value is -4.15. The van der Waals surface area contributed by atoms with Gasteiger partial charge in [-0.3, -0.25) is 4.79 Å². The Morgan fingerprint density at radius 3 is 2.77 bits per heavy atom. The summed E-state index contributed by atoms with van der Waals surface area (Å²) in [5.74, 6) is 0.481. The van der Waals surface area contributed by atoms with Gasteiger partial charge in [-0.2, -0.15) is 9.78 Å². The molecule has 2 aromatic heterocycles. The van der Waals surface area contributed by atoms with Crippen molar-refractivity contribution in [2.24, 2.45) is 5.10 Å². The first-order valence-electron chi connectivity index (χ1n) is 12.3. The quantitative estimate of drug-likeness (QED) is 0.144. The van der Waals surface area contributed by atoms with Gasteiger partial charge in [-0.05, 0) is 56.3 Å². The molecule has 11 heteroatoms. The minimum atomic E-state index is -0.947. The second kappa shape index (κ2) is 11.5. The van der Waals surface area contributed by atoms with Gasteiger partial charge in [0.1, 0.15) is 5.58 Å². The van der Waals surface area contributed by atoms with E-state index in [-0.39, 0.29) is 23.9 Å².